The average molecular weight is 239 g/mol. The Morgan fingerprint density at radius 3 is 2.76 bits per heavy atom. The minimum atomic E-state index is -0.295. The van der Waals surface area contributed by atoms with Crippen molar-refractivity contribution in [2.45, 2.75) is 26.3 Å². The normalized spacial score (nSPS) is 12.8. The van der Waals surface area contributed by atoms with Crippen LogP contribution in [-0.4, -0.2) is 31.1 Å². The molecule has 0 saturated heterocycles. The maximum absolute atomic E-state index is 13.4. The van der Waals surface area contributed by atoms with Gasteiger partial charge in [0.25, 0.3) is 0 Å². The fourth-order valence-corrected chi connectivity index (χ4v) is 1.57. The lowest BCUT2D eigenvalue weighted by molar-refractivity contribution is 0.261. The van der Waals surface area contributed by atoms with Gasteiger partial charge < -0.3 is 16.0 Å². The zero-order valence-electron chi connectivity index (χ0n) is 10.8. The zero-order chi connectivity index (χ0) is 12.8. The molecule has 0 heterocycles. The van der Waals surface area contributed by atoms with E-state index >= 15 is 0 Å². The van der Waals surface area contributed by atoms with Crippen molar-refractivity contribution >= 4 is 11.4 Å². The molecule has 4 heteroatoms. The van der Waals surface area contributed by atoms with Crippen molar-refractivity contribution in [3.05, 3.63) is 24.0 Å². The molecule has 0 aliphatic rings. The largest absolute Gasteiger partial charge is 0.399 e. The molecule has 1 rings (SSSR count). The van der Waals surface area contributed by atoms with Gasteiger partial charge in [-0.2, -0.15) is 0 Å². The number of anilines is 2. The summed E-state index contributed by atoms with van der Waals surface area (Å²) in [5, 5.41) is 3.08. The van der Waals surface area contributed by atoms with Gasteiger partial charge in [0.15, 0.2) is 0 Å². The Labute approximate surface area is 103 Å². The Morgan fingerprint density at radius 1 is 1.47 bits per heavy atom. The summed E-state index contributed by atoms with van der Waals surface area (Å²) in [4.78, 5) is 2.25. The highest BCUT2D eigenvalue weighted by atomic mass is 19.1. The van der Waals surface area contributed by atoms with E-state index in [-0.39, 0.29) is 5.82 Å². The topological polar surface area (TPSA) is 41.3 Å². The third-order valence-electron chi connectivity index (χ3n) is 3.12. The first-order chi connectivity index (χ1) is 8.04. The summed E-state index contributed by atoms with van der Waals surface area (Å²) in [6, 6.07) is 5.26. The second-order valence-electron chi connectivity index (χ2n) is 4.40. The number of nitrogens with zero attached hydrogens (tertiary/aromatic N) is 1. The van der Waals surface area contributed by atoms with Crippen LogP contribution in [-0.2, 0) is 0 Å². The van der Waals surface area contributed by atoms with Crippen LogP contribution in [0.15, 0.2) is 18.2 Å². The van der Waals surface area contributed by atoms with Gasteiger partial charge in [-0.1, -0.05) is 6.92 Å². The molecule has 0 bridgehead atoms. The summed E-state index contributed by atoms with van der Waals surface area (Å²) in [6.45, 7) is 5.96. The fourth-order valence-electron chi connectivity index (χ4n) is 1.57. The number of hydrogen-bond donors (Lipinski definition) is 2. The molecule has 0 aliphatic heterocycles. The third kappa shape index (κ3) is 4.23. The Hall–Kier alpha value is -1.29. The number of benzene rings is 1. The maximum Gasteiger partial charge on any atom is 0.148 e. The van der Waals surface area contributed by atoms with Crippen LogP contribution in [0.2, 0.25) is 0 Å². The van der Waals surface area contributed by atoms with Crippen molar-refractivity contribution in [3.63, 3.8) is 0 Å². The molecule has 0 radical (unpaired) electrons. The van der Waals surface area contributed by atoms with Crippen LogP contribution in [0, 0.1) is 5.82 Å². The fraction of sp³-hybridized carbons (Fsp3) is 0.538. The Balaban J connectivity index is 2.40. The van der Waals surface area contributed by atoms with E-state index in [4.69, 9.17) is 5.73 Å². The second kappa shape index (κ2) is 6.45. The van der Waals surface area contributed by atoms with Gasteiger partial charge in [-0.3, -0.25) is 0 Å². The zero-order valence-corrected chi connectivity index (χ0v) is 10.8. The van der Waals surface area contributed by atoms with Crippen LogP contribution in [0.1, 0.15) is 20.3 Å². The van der Waals surface area contributed by atoms with Gasteiger partial charge in [-0.15, -0.1) is 0 Å². The monoisotopic (exact) mass is 239 g/mol. The Kier molecular flexibility index (Phi) is 5.22. The first kappa shape index (κ1) is 13.8. The number of nitrogens with one attached hydrogen (secondary N) is 1. The number of rotatable bonds is 6. The van der Waals surface area contributed by atoms with Gasteiger partial charge in [0.05, 0.1) is 5.69 Å². The van der Waals surface area contributed by atoms with Crippen LogP contribution >= 0.6 is 0 Å². The quantitative estimate of drug-likeness (QED) is 0.750. The first-order valence-electron chi connectivity index (χ1n) is 6.03. The van der Waals surface area contributed by atoms with Crippen molar-refractivity contribution in [2.75, 3.05) is 31.2 Å². The van der Waals surface area contributed by atoms with Crippen molar-refractivity contribution in [1.29, 1.82) is 0 Å². The van der Waals surface area contributed by atoms with Crippen molar-refractivity contribution < 1.29 is 4.39 Å². The van der Waals surface area contributed by atoms with Gasteiger partial charge in [-0.25, -0.2) is 4.39 Å². The summed E-state index contributed by atoms with van der Waals surface area (Å²) in [5.41, 5.74) is 6.45. The molecule has 1 unspecified atom stereocenters. The van der Waals surface area contributed by atoms with Gasteiger partial charge in [0, 0.05) is 24.8 Å². The minimum absolute atomic E-state index is 0.295. The molecular formula is C13H22FN3. The SMILES string of the molecule is CCC(C)N(C)CCNc1ccc(N)cc1F. The lowest BCUT2D eigenvalue weighted by Gasteiger charge is -2.23. The summed E-state index contributed by atoms with van der Waals surface area (Å²) in [5.74, 6) is -0.295. The van der Waals surface area contributed by atoms with E-state index in [0.29, 0.717) is 17.4 Å². The van der Waals surface area contributed by atoms with E-state index in [9.17, 15) is 4.39 Å². The highest BCUT2D eigenvalue weighted by Gasteiger charge is 2.06. The summed E-state index contributed by atoms with van der Waals surface area (Å²) in [6.07, 6.45) is 1.12. The molecule has 0 aliphatic carbocycles. The predicted molar refractivity (Wildman–Crippen MR) is 71.7 cm³/mol. The van der Waals surface area contributed by atoms with Crippen LogP contribution in [0.5, 0.6) is 0 Å². The lowest BCUT2D eigenvalue weighted by Crippen LogP contribution is -2.32. The number of nitrogens with two attached hydrogens (primary N) is 1. The minimum Gasteiger partial charge on any atom is -0.399 e. The van der Waals surface area contributed by atoms with Crippen LogP contribution in [0.4, 0.5) is 15.8 Å². The van der Waals surface area contributed by atoms with Crippen LogP contribution in [0.3, 0.4) is 0 Å². The number of hydrogen-bond acceptors (Lipinski definition) is 3. The smallest absolute Gasteiger partial charge is 0.148 e. The summed E-state index contributed by atoms with van der Waals surface area (Å²) >= 11 is 0. The van der Waals surface area contributed by atoms with Crippen LogP contribution < -0.4 is 11.1 Å². The standard InChI is InChI=1S/C13H22FN3/c1-4-10(2)17(3)8-7-16-13-6-5-11(15)9-12(13)14/h5-6,9-10,16H,4,7-8,15H2,1-3H3. The molecule has 0 saturated carbocycles. The van der Waals surface area contributed by atoms with Gasteiger partial charge in [0.2, 0.25) is 0 Å². The average Bonchev–Trinajstić information content (AvgIpc) is 2.30. The van der Waals surface area contributed by atoms with E-state index in [2.05, 4.69) is 31.1 Å². The first-order valence-corrected chi connectivity index (χ1v) is 6.03. The molecule has 0 spiro atoms. The summed E-state index contributed by atoms with van der Waals surface area (Å²) < 4.78 is 13.4. The Morgan fingerprint density at radius 2 is 2.18 bits per heavy atom. The number of nitrogen functional groups attached to an aromatic ring is 1. The van der Waals surface area contributed by atoms with E-state index in [1.807, 2.05) is 0 Å². The highest BCUT2D eigenvalue weighted by molar-refractivity contribution is 5.52. The molecule has 0 fully saturated rings. The van der Waals surface area contributed by atoms with Crippen molar-refractivity contribution in [3.8, 4) is 0 Å². The molecular weight excluding hydrogens is 217 g/mol. The van der Waals surface area contributed by atoms with E-state index in [1.165, 1.54) is 6.07 Å². The molecule has 96 valence electrons. The van der Waals surface area contributed by atoms with Crippen molar-refractivity contribution in [2.24, 2.45) is 0 Å². The molecule has 1 aromatic rings. The molecule has 17 heavy (non-hydrogen) atoms. The van der Waals surface area contributed by atoms with Gasteiger partial charge in [0.1, 0.15) is 5.82 Å². The van der Waals surface area contributed by atoms with Crippen molar-refractivity contribution in [1.82, 2.24) is 4.90 Å². The third-order valence-corrected chi connectivity index (χ3v) is 3.12. The highest BCUT2D eigenvalue weighted by Crippen LogP contribution is 2.16. The summed E-state index contributed by atoms with van der Waals surface area (Å²) in [7, 11) is 2.08. The number of likely N-dealkylation sites (N-methyl/N-ethyl adjacent to an activating group) is 1. The van der Waals surface area contributed by atoms with Crippen LogP contribution in [0.25, 0.3) is 0 Å². The second-order valence-corrected chi connectivity index (χ2v) is 4.40. The van der Waals surface area contributed by atoms with Gasteiger partial charge >= 0.3 is 0 Å². The molecule has 3 N–H and O–H groups in total. The van der Waals surface area contributed by atoms with E-state index < -0.39 is 0 Å². The number of halogens is 1. The van der Waals surface area contributed by atoms with E-state index in [0.717, 1.165) is 19.5 Å². The van der Waals surface area contributed by atoms with Gasteiger partial charge in [-0.05, 0) is 38.6 Å². The van der Waals surface area contributed by atoms with E-state index in [1.54, 1.807) is 12.1 Å². The molecule has 3 nitrogen and oxygen atoms in total. The molecule has 0 amide bonds. The maximum atomic E-state index is 13.4. The molecule has 1 aromatic carbocycles. The lowest BCUT2D eigenvalue weighted by atomic mass is 10.2. The molecule has 1 atom stereocenters. The molecule has 0 aromatic heterocycles. The predicted octanol–water partition coefficient (Wildman–Crippen LogP) is 2.55. The Bertz CT molecular complexity index is 355.